The van der Waals surface area contributed by atoms with Gasteiger partial charge in [0.15, 0.2) is 4.90 Å². The number of nitrogens with zero attached hydrogens (tertiary/aromatic N) is 1. The zero-order valence-corrected chi connectivity index (χ0v) is 11.0. The Morgan fingerprint density at radius 2 is 2.06 bits per heavy atom. The van der Waals surface area contributed by atoms with Gasteiger partial charge in [0.05, 0.1) is 0 Å². The number of aromatic amines is 1. The van der Waals surface area contributed by atoms with E-state index in [4.69, 9.17) is 10.7 Å². The summed E-state index contributed by atoms with van der Waals surface area (Å²) in [6.45, 7) is 4.18. The van der Waals surface area contributed by atoms with Crippen molar-refractivity contribution in [1.29, 1.82) is 0 Å². The number of hydrogen-bond acceptors (Lipinski definition) is 4. The lowest BCUT2D eigenvalue weighted by Gasteiger charge is -2.10. The van der Waals surface area contributed by atoms with Crippen LogP contribution >= 0.6 is 10.7 Å². The van der Waals surface area contributed by atoms with Crippen molar-refractivity contribution in [3.63, 3.8) is 0 Å². The molecule has 0 radical (unpaired) electrons. The minimum atomic E-state index is -4.15. The first kappa shape index (κ1) is 14.0. The Bertz CT molecular complexity index is 617. The number of aromatic nitrogens is 2. The van der Waals surface area contributed by atoms with Gasteiger partial charge in [-0.25, -0.2) is 13.2 Å². The Balaban J connectivity index is 3.35. The molecule has 0 aliphatic heterocycles. The summed E-state index contributed by atoms with van der Waals surface area (Å²) in [6.07, 6.45) is 1.81. The molecule has 1 atom stereocenters. The van der Waals surface area contributed by atoms with Crippen LogP contribution < -0.4 is 11.2 Å². The first-order chi connectivity index (χ1) is 7.75. The van der Waals surface area contributed by atoms with Gasteiger partial charge < -0.3 is 0 Å². The van der Waals surface area contributed by atoms with Crippen LogP contribution in [0.4, 0.5) is 0 Å². The van der Waals surface area contributed by atoms with Gasteiger partial charge in [0, 0.05) is 23.4 Å². The van der Waals surface area contributed by atoms with Crippen LogP contribution in [-0.4, -0.2) is 18.0 Å². The molecule has 1 unspecified atom stereocenters. The molecule has 0 fully saturated rings. The smallest absolute Gasteiger partial charge is 0.299 e. The summed E-state index contributed by atoms with van der Waals surface area (Å²) >= 11 is 0. The van der Waals surface area contributed by atoms with E-state index in [0.29, 0.717) is 6.54 Å². The Morgan fingerprint density at radius 1 is 1.47 bits per heavy atom. The SMILES string of the molecule is CCC(C)Cn1cc(S(=O)(=O)Cl)c(=O)[nH]c1=O. The van der Waals surface area contributed by atoms with E-state index in [1.165, 1.54) is 0 Å². The maximum atomic E-state index is 11.4. The third-order valence-electron chi connectivity index (χ3n) is 2.45. The summed E-state index contributed by atoms with van der Waals surface area (Å²) in [4.78, 5) is 24.0. The van der Waals surface area contributed by atoms with Crippen LogP contribution in [0.5, 0.6) is 0 Å². The standard InChI is InChI=1S/C9H13ClN2O4S/c1-3-6(2)4-12-5-7(17(10,15)16)8(13)11-9(12)14/h5-6H,3-4H2,1-2H3,(H,11,13,14). The zero-order chi connectivity index (χ0) is 13.2. The second kappa shape index (κ2) is 5.05. The average Bonchev–Trinajstić information content (AvgIpc) is 2.19. The Labute approximate surface area is 103 Å². The van der Waals surface area contributed by atoms with Gasteiger partial charge in [0.2, 0.25) is 0 Å². The highest BCUT2D eigenvalue weighted by molar-refractivity contribution is 8.13. The number of nitrogens with one attached hydrogen (secondary N) is 1. The summed E-state index contributed by atoms with van der Waals surface area (Å²) in [7, 11) is 0.949. The highest BCUT2D eigenvalue weighted by Gasteiger charge is 2.17. The van der Waals surface area contributed by atoms with Gasteiger partial charge in [0.25, 0.3) is 14.6 Å². The normalized spacial score (nSPS) is 13.6. The van der Waals surface area contributed by atoms with Crippen molar-refractivity contribution < 1.29 is 8.42 Å². The van der Waals surface area contributed by atoms with Crippen molar-refractivity contribution in [1.82, 2.24) is 9.55 Å². The van der Waals surface area contributed by atoms with Crippen LogP contribution in [0.15, 0.2) is 20.7 Å². The molecule has 6 nitrogen and oxygen atoms in total. The van der Waals surface area contributed by atoms with Crippen LogP contribution in [0.3, 0.4) is 0 Å². The van der Waals surface area contributed by atoms with E-state index in [1.807, 2.05) is 18.8 Å². The third kappa shape index (κ3) is 3.44. The molecule has 0 saturated heterocycles. The largest absolute Gasteiger partial charge is 0.328 e. The molecule has 0 bridgehead atoms. The Morgan fingerprint density at radius 3 is 2.53 bits per heavy atom. The second-order valence-corrected chi connectivity index (χ2v) is 6.39. The first-order valence-electron chi connectivity index (χ1n) is 5.04. The van der Waals surface area contributed by atoms with Crippen LogP contribution in [0.2, 0.25) is 0 Å². The van der Waals surface area contributed by atoms with E-state index in [1.54, 1.807) is 0 Å². The predicted octanol–water partition coefficient (Wildman–Crippen LogP) is 0.510. The molecule has 0 spiro atoms. The van der Waals surface area contributed by atoms with Gasteiger partial charge in [-0.2, -0.15) is 0 Å². The molecule has 0 saturated carbocycles. The maximum absolute atomic E-state index is 11.4. The molecule has 0 aliphatic carbocycles. The van der Waals surface area contributed by atoms with Crippen molar-refractivity contribution in [3.05, 3.63) is 27.0 Å². The summed E-state index contributed by atoms with van der Waals surface area (Å²) in [5.41, 5.74) is -1.63. The molecular weight excluding hydrogens is 268 g/mol. The monoisotopic (exact) mass is 280 g/mol. The van der Waals surface area contributed by atoms with Crippen molar-refractivity contribution in [2.45, 2.75) is 31.7 Å². The molecule has 96 valence electrons. The van der Waals surface area contributed by atoms with E-state index in [-0.39, 0.29) is 5.92 Å². The van der Waals surface area contributed by atoms with Gasteiger partial charge in [-0.15, -0.1) is 0 Å². The van der Waals surface area contributed by atoms with Gasteiger partial charge in [0.1, 0.15) is 0 Å². The molecule has 0 aliphatic rings. The topological polar surface area (TPSA) is 89.0 Å². The Hall–Kier alpha value is -1.08. The Kier molecular flexibility index (Phi) is 4.16. The fourth-order valence-corrected chi connectivity index (χ4v) is 2.12. The van der Waals surface area contributed by atoms with Crippen LogP contribution in [-0.2, 0) is 15.6 Å². The quantitative estimate of drug-likeness (QED) is 0.814. The summed E-state index contributed by atoms with van der Waals surface area (Å²) in [5, 5.41) is 0. The molecule has 1 rings (SSSR count). The first-order valence-corrected chi connectivity index (χ1v) is 7.35. The van der Waals surface area contributed by atoms with Gasteiger partial charge >= 0.3 is 5.69 Å². The van der Waals surface area contributed by atoms with Crippen LogP contribution in [0, 0.1) is 5.92 Å². The van der Waals surface area contributed by atoms with Crippen molar-refractivity contribution in [3.8, 4) is 0 Å². The zero-order valence-electron chi connectivity index (χ0n) is 9.44. The molecule has 17 heavy (non-hydrogen) atoms. The number of H-pyrrole nitrogens is 1. The van der Waals surface area contributed by atoms with Crippen LogP contribution in [0.25, 0.3) is 0 Å². The number of halogens is 1. The molecule has 0 amide bonds. The molecule has 1 aromatic heterocycles. The van der Waals surface area contributed by atoms with E-state index < -0.39 is 25.2 Å². The van der Waals surface area contributed by atoms with E-state index in [9.17, 15) is 18.0 Å². The van der Waals surface area contributed by atoms with Gasteiger partial charge in [-0.1, -0.05) is 20.3 Å². The van der Waals surface area contributed by atoms with Crippen molar-refractivity contribution in [2.75, 3.05) is 0 Å². The second-order valence-electron chi connectivity index (χ2n) is 3.86. The van der Waals surface area contributed by atoms with Crippen LogP contribution in [0.1, 0.15) is 20.3 Å². The highest BCUT2D eigenvalue weighted by Crippen LogP contribution is 2.09. The van der Waals surface area contributed by atoms with Crippen molar-refractivity contribution >= 4 is 19.7 Å². The predicted molar refractivity (Wildman–Crippen MR) is 63.8 cm³/mol. The highest BCUT2D eigenvalue weighted by atomic mass is 35.7. The molecule has 1 heterocycles. The number of hydrogen-bond donors (Lipinski definition) is 1. The lowest BCUT2D eigenvalue weighted by Crippen LogP contribution is -2.33. The third-order valence-corrected chi connectivity index (χ3v) is 3.76. The maximum Gasteiger partial charge on any atom is 0.328 e. The minimum Gasteiger partial charge on any atom is -0.299 e. The minimum absolute atomic E-state index is 0.185. The molecule has 0 aromatic carbocycles. The van der Waals surface area contributed by atoms with E-state index in [2.05, 4.69) is 0 Å². The molecule has 8 heteroatoms. The van der Waals surface area contributed by atoms with Gasteiger partial charge in [-0.3, -0.25) is 14.3 Å². The summed E-state index contributed by atoms with van der Waals surface area (Å²) in [6, 6.07) is 0. The van der Waals surface area contributed by atoms with E-state index in [0.717, 1.165) is 17.2 Å². The molecule has 1 aromatic rings. The lowest BCUT2D eigenvalue weighted by molar-refractivity contribution is 0.449. The fraction of sp³-hybridized carbons (Fsp3) is 0.556. The average molecular weight is 281 g/mol. The molecule has 1 N–H and O–H groups in total. The number of rotatable bonds is 4. The fourth-order valence-electron chi connectivity index (χ4n) is 1.26. The van der Waals surface area contributed by atoms with Crippen molar-refractivity contribution in [2.24, 2.45) is 5.92 Å². The summed E-state index contributed by atoms with van der Waals surface area (Å²) in [5.74, 6) is 0.185. The lowest BCUT2D eigenvalue weighted by atomic mass is 10.1. The molecular formula is C9H13ClN2O4S. The van der Waals surface area contributed by atoms with E-state index >= 15 is 0 Å². The van der Waals surface area contributed by atoms with Gasteiger partial charge in [-0.05, 0) is 5.92 Å². The summed E-state index contributed by atoms with van der Waals surface area (Å²) < 4.78 is 23.3.